The predicted octanol–water partition coefficient (Wildman–Crippen LogP) is 3.96. The first-order valence-electron chi connectivity index (χ1n) is 9.01. The molecular weight excluding hydrogens is 340 g/mol. The normalized spacial score (nSPS) is 11.4. The molecule has 3 rings (SSSR count). The van der Waals surface area contributed by atoms with Gasteiger partial charge in [0.15, 0.2) is 6.61 Å². The number of carbonyl (C=O) groups excluding carboxylic acids is 1. The topological polar surface area (TPSA) is 63.3 Å². The van der Waals surface area contributed by atoms with Gasteiger partial charge in [-0.1, -0.05) is 31.5 Å². The number of ether oxygens (including phenoxy) is 2. The number of nitrogens with one attached hydrogen (secondary N) is 2. The second-order valence-electron chi connectivity index (χ2n) is 7.38. The van der Waals surface area contributed by atoms with Crippen LogP contribution in [0.15, 0.2) is 48.7 Å². The first-order valence-corrected chi connectivity index (χ1v) is 9.01. The Labute approximate surface area is 159 Å². The number of methoxy groups -OCH3 is 1. The van der Waals surface area contributed by atoms with Crippen LogP contribution in [0.25, 0.3) is 10.9 Å². The zero-order chi connectivity index (χ0) is 19.4. The molecule has 0 aliphatic rings. The van der Waals surface area contributed by atoms with Crippen LogP contribution in [0, 0.1) is 6.92 Å². The van der Waals surface area contributed by atoms with Crippen LogP contribution < -0.4 is 14.8 Å². The van der Waals surface area contributed by atoms with Crippen LogP contribution in [0.1, 0.15) is 25.0 Å². The van der Waals surface area contributed by atoms with Gasteiger partial charge in [-0.3, -0.25) is 4.79 Å². The van der Waals surface area contributed by atoms with E-state index in [-0.39, 0.29) is 17.9 Å². The zero-order valence-corrected chi connectivity index (χ0v) is 16.3. The van der Waals surface area contributed by atoms with E-state index in [1.807, 2.05) is 55.6 Å². The summed E-state index contributed by atoms with van der Waals surface area (Å²) >= 11 is 0. The number of H-pyrrole nitrogens is 1. The molecule has 2 aromatic carbocycles. The molecule has 0 aliphatic carbocycles. The molecule has 0 unspecified atom stereocenters. The van der Waals surface area contributed by atoms with E-state index in [0.717, 1.165) is 27.8 Å². The lowest BCUT2D eigenvalue weighted by Gasteiger charge is -2.25. The summed E-state index contributed by atoms with van der Waals surface area (Å²) in [5.41, 5.74) is 3.09. The fourth-order valence-corrected chi connectivity index (χ4v) is 3.04. The van der Waals surface area contributed by atoms with E-state index in [0.29, 0.717) is 12.3 Å². The predicted molar refractivity (Wildman–Crippen MR) is 108 cm³/mol. The number of rotatable bonds is 7. The third-order valence-electron chi connectivity index (χ3n) is 4.74. The van der Waals surface area contributed by atoms with Crippen LogP contribution >= 0.6 is 0 Å². The van der Waals surface area contributed by atoms with Crippen molar-refractivity contribution in [2.45, 2.75) is 26.2 Å². The van der Waals surface area contributed by atoms with Crippen molar-refractivity contribution in [2.75, 3.05) is 20.3 Å². The van der Waals surface area contributed by atoms with Gasteiger partial charge in [-0.2, -0.15) is 0 Å². The SMILES string of the molecule is COc1ccc2[nH]cc(C(C)(C)CNC(=O)COc3ccc(C)cc3)c2c1. The van der Waals surface area contributed by atoms with Gasteiger partial charge in [0.05, 0.1) is 7.11 Å². The Morgan fingerprint density at radius 1 is 1.11 bits per heavy atom. The van der Waals surface area contributed by atoms with Crippen molar-refractivity contribution in [2.24, 2.45) is 0 Å². The molecule has 0 fully saturated rings. The lowest BCUT2D eigenvalue weighted by atomic mass is 9.84. The van der Waals surface area contributed by atoms with Crippen molar-refractivity contribution in [3.63, 3.8) is 0 Å². The summed E-state index contributed by atoms with van der Waals surface area (Å²) in [5, 5.41) is 4.08. The lowest BCUT2D eigenvalue weighted by Crippen LogP contribution is -2.38. The second-order valence-corrected chi connectivity index (χ2v) is 7.38. The van der Waals surface area contributed by atoms with Crippen LogP contribution in [-0.2, 0) is 10.2 Å². The number of carbonyl (C=O) groups is 1. The lowest BCUT2D eigenvalue weighted by molar-refractivity contribution is -0.123. The smallest absolute Gasteiger partial charge is 0.257 e. The molecule has 0 spiro atoms. The molecule has 2 N–H and O–H groups in total. The highest BCUT2D eigenvalue weighted by molar-refractivity contribution is 5.86. The van der Waals surface area contributed by atoms with E-state index >= 15 is 0 Å². The molecule has 1 heterocycles. The van der Waals surface area contributed by atoms with Crippen molar-refractivity contribution in [3.8, 4) is 11.5 Å². The molecule has 5 nitrogen and oxygen atoms in total. The molecular formula is C22H26N2O3. The fourth-order valence-electron chi connectivity index (χ4n) is 3.04. The Kier molecular flexibility index (Phi) is 5.40. The number of fused-ring (bicyclic) bond motifs is 1. The highest BCUT2D eigenvalue weighted by atomic mass is 16.5. The Morgan fingerprint density at radius 3 is 2.52 bits per heavy atom. The van der Waals surface area contributed by atoms with Crippen LogP contribution in [0.2, 0.25) is 0 Å². The van der Waals surface area contributed by atoms with E-state index in [1.165, 1.54) is 0 Å². The van der Waals surface area contributed by atoms with Gasteiger partial charge in [-0.05, 0) is 42.8 Å². The molecule has 0 aliphatic heterocycles. The quantitative estimate of drug-likeness (QED) is 0.665. The minimum atomic E-state index is -0.246. The zero-order valence-electron chi connectivity index (χ0n) is 16.3. The average Bonchev–Trinajstić information content (AvgIpc) is 3.10. The molecule has 142 valence electrons. The Bertz CT molecular complexity index is 926. The maximum Gasteiger partial charge on any atom is 0.257 e. The van der Waals surface area contributed by atoms with E-state index in [4.69, 9.17) is 9.47 Å². The van der Waals surface area contributed by atoms with Gasteiger partial charge in [-0.25, -0.2) is 0 Å². The van der Waals surface area contributed by atoms with Crippen molar-refractivity contribution in [3.05, 3.63) is 59.8 Å². The van der Waals surface area contributed by atoms with Crippen LogP contribution in [0.3, 0.4) is 0 Å². The monoisotopic (exact) mass is 366 g/mol. The first-order chi connectivity index (χ1) is 12.9. The summed E-state index contributed by atoms with van der Waals surface area (Å²) in [6, 6.07) is 13.6. The average molecular weight is 366 g/mol. The van der Waals surface area contributed by atoms with Gasteiger partial charge in [-0.15, -0.1) is 0 Å². The molecule has 0 bridgehead atoms. The van der Waals surface area contributed by atoms with E-state index in [1.54, 1.807) is 7.11 Å². The number of aryl methyl sites for hydroxylation is 1. The third kappa shape index (κ3) is 4.42. The van der Waals surface area contributed by atoms with Gasteiger partial charge < -0.3 is 19.8 Å². The number of aromatic amines is 1. The number of benzene rings is 2. The minimum absolute atomic E-state index is 0.000842. The summed E-state index contributed by atoms with van der Waals surface area (Å²) in [6.45, 7) is 6.74. The summed E-state index contributed by atoms with van der Waals surface area (Å²) in [7, 11) is 1.66. The second kappa shape index (κ2) is 7.74. The highest BCUT2D eigenvalue weighted by Crippen LogP contribution is 2.32. The number of hydrogen-bond acceptors (Lipinski definition) is 3. The highest BCUT2D eigenvalue weighted by Gasteiger charge is 2.25. The molecule has 0 saturated heterocycles. The van der Waals surface area contributed by atoms with Gasteiger partial charge in [0.2, 0.25) is 0 Å². The maximum atomic E-state index is 12.2. The fraction of sp³-hybridized carbons (Fsp3) is 0.318. The number of amides is 1. The van der Waals surface area contributed by atoms with Crippen molar-refractivity contribution in [1.29, 1.82) is 0 Å². The van der Waals surface area contributed by atoms with E-state index in [2.05, 4.69) is 24.1 Å². The number of aromatic nitrogens is 1. The van der Waals surface area contributed by atoms with Crippen molar-refractivity contribution in [1.82, 2.24) is 10.3 Å². The molecule has 0 radical (unpaired) electrons. The molecule has 1 aromatic heterocycles. The van der Waals surface area contributed by atoms with Gasteiger partial charge in [0.25, 0.3) is 5.91 Å². The van der Waals surface area contributed by atoms with Gasteiger partial charge >= 0.3 is 0 Å². The third-order valence-corrected chi connectivity index (χ3v) is 4.74. The van der Waals surface area contributed by atoms with Gasteiger partial charge in [0, 0.05) is 29.1 Å². The molecule has 3 aromatic rings. The molecule has 0 atom stereocenters. The van der Waals surface area contributed by atoms with Crippen molar-refractivity contribution >= 4 is 16.8 Å². The Balaban J connectivity index is 1.62. The van der Waals surface area contributed by atoms with Crippen LogP contribution in [0.4, 0.5) is 0 Å². The summed E-state index contributed by atoms with van der Waals surface area (Å²) in [4.78, 5) is 15.5. The minimum Gasteiger partial charge on any atom is -0.497 e. The van der Waals surface area contributed by atoms with E-state index in [9.17, 15) is 4.79 Å². The summed E-state index contributed by atoms with van der Waals surface area (Å²) in [6.07, 6.45) is 2.00. The van der Waals surface area contributed by atoms with Crippen LogP contribution in [-0.4, -0.2) is 31.2 Å². The standard InChI is InChI=1S/C22H26N2O3/c1-15-5-7-16(8-6-15)27-13-21(25)24-14-22(2,3)19-12-23-20-10-9-17(26-4)11-18(19)20/h5-12,23H,13-14H2,1-4H3,(H,24,25). The van der Waals surface area contributed by atoms with Gasteiger partial charge in [0.1, 0.15) is 11.5 Å². The van der Waals surface area contributed by atoms with E-state index < -0.39 is 0 Å². The molecule has 27 heavy (non-hydrogen) atoms. The number of hydrogen-bond donors (Lipinski definition) is 2. The molecule has 0 saturated carbocycles. The van der Waals surface area contributed by atoms with Crippen molar-refractivity contribution < 1.29 is 14.3 Å². The van der Waals surface area contributed by atoms with Crippen LogP contribution in [0.5, 0.6) is 11.5 Å². The maximum absolute atomic E-state index is 12.2. The Morgan fingerprint density at radius 2 is 1.81 bits per heavy atom. The summed E-state index contributed by atoms with van der Waals surface area (Å²) in [5.74, 6) is 1.37. The first kappa shape index (κ1) is 18.8. The molecule has 5 heteroatoms. The molecule has 1 amide bonds. The summed E-state index contributed by atoms with van der Waals surface area (Å²) < 4.78 is 10.9. The Hall–Kier alpha value is -2.95. The largest absolute Gasteiger partial charge is 0.497 e.